The molecule has 0 aromatic carbocycles. The van der Waals surface area contributed by atoms with Crippen LogP contribution in [-0.4, -0.2) is 60.5 Å². The van der Waals surface area contributed by atoms with Crippen LogP contribution in [0.2, 0.25) is 55.9 Å². The van der Waals surface area contributed by atoms with E-state index in [2.05, 4.69) is 103 Å². The van der Waals surface area contributed by atoms with Crippen LogP contribution in [0.25, 0.3) is 10.4 Å². The van der Waals surface area contributed by atoms with E-state index in [1.165, 1.54) is 0 Å². The lowest BCUT2D eigenvalue weighted by Crippen LogP contribution is -2.53. The Morgan fingerprint density at radius 2 is 1.48 bits per heavy atom. The molecule has 0 radical (unpaired) electrons. The van der Waals surface area contributed by atoms with Crippen molar-refractivity contribution in [3.05, 3.63) is 10.4 Å². The smallest absolute Gasteiger partial charge is 0.192 e. The van der Waals surface area contributed by atoms with Gasteiger partial charge in [-0.2, -0.15) is 0 Å². The molecule has 7 nitrogen and oxygen atoms in total. The van der Waals surface area contributed by atoms with Gasteiger partial charge >= 0.3 is 0 Å². The lowest BCUT2D eigenvalue weighted by molar-refractivity contribution is -0.128. The molecule has 0 aromatic heterocycles. The van der Waals surface area contributed by atoms with E-state index in [-0.39, 0.29) is 35.0 Å². The monoisotopic (exact) mass is 639 g/mol. The molecule has 0 bridgehead atoms. The number of rotatable bonds is 19. The standard InChI is InChI=1S/C32H65N3O4Si3/c1-15-42(16-2,17-3)39-30(23-28(36)27(6)21-26(5)24-34-35-33)31(37)29(38-41(13,14)32(7,8)9)22-25(4)19-18-20-40(10,11)12/h25-27,29-31,37H,15-17,19,21-24H2,1-14H3/t25-,26-,27+,29-,30-,31-/m1/s1. The first-order valence-corrected chi connectivity index (χ1v) is 25.2. The first-order chi connectivity index (χ1) is 19.2. The average molecular weight is 640 g/mol. The highest BCUT2D eigenvalue weighted by molar-refractivity contribution is 6.83. The number of hydrogen-bond acceptors (Lipinski definition) is 5. The second-order valence-corrected chi connectivity index (χ2v) is 29.5. The molecule has 244 valence electrons. The predicted octanol–water partition coefficient (Wildman–Crippen LogP) is 9.36. The number of carbonyl (C=O) groups is 1. The van der Waals surface area contributed by atoms with Gasteiger partial charge in [0.15, 0.2) is 16.6 Å². The molecule has 0 saturated heterocycles. The zero-order chi connectivity index (χ0) is 32.9. The Labute approximate surface area is 262 Å². The van der Waals surface area contributed by atoms with Crippen molar-refractivity contribution in [1.82, 2.24) is 0 Å². The Morgan fingerprint density at radius 3 is 1.93 bits per heavy atom. The van der Waals surface area contributed by atoms with Crippen molar-refractivity contribution >= 4 is 30.5 Å². The largest absolute Gasteiger partial charge is 0.411 e. The van der Waals surface area contributed by atoms with Crippen LogP contribution in [0, 0.1) is 29.2 Å². The minimum absolute atomic E-state index is 0.0245. The predicted molar refractivity (Wildman–Crippen MR) is 186 cm³/mol. The summed E-state index contributed by atoms with van der Waals surface area (Å²) in [6.07, 6.45) is 0.246. The van der Waals surface area contributed by atoms with Crippen molar-refractivity contribution < 1.29 is 18.8 Å². The molecule has 0 rings (SSSR count). The van der Waals surface area contributed by atoms with Gasteiger partial charge in [-0.1, -0.05) is 87.1 Å². The zero-order valence-corrected chi connectivity index (χ0v) is 32.6. The Balaban J connectivity index is 6.41. The van der Waals surface area contributed by atoms with Gasteiger partial charge in [-0.25, -0.2) is 0 Å². The van der Waals surface area contributed by atoms with Crippen LogP contribution in [0.3, 0.4) is 0 Å². The van der Waals surface area contributed by atoms with E-state index in [0.717, 1.165) is 24.6 Å². The summed E-state index contributed by atoms with van der Waals surface area (Å²) in [5.41, 5.74) is 12.2. The number of aliphatic hydroxyl groups is 1. The SMILES string of the molecule is CC[Si](CC)(CC)O[C@H](CC(=O)[C@@H](C)C[C@@H](C)CN=[N+]=[N-])[C@H](O)[C@@H](C[C@H](C)CC#C[Si](C)(C)C)O[Si](C)(C)C(C)(C)C. The number of hydrogen-bond donors (Lipinski definition) is 1. The van der Waals surface area contributed by atoms with E-state index in [1.807, 2.05) is 13.8 Å². The highest BCUT2D eigenvalue weighted by atomic mass is 28.4. The summed E-state index contributed by atoms with van der Waals surface area (Å²) in [5.74, 6) is 3.62. The number of nitrogens with zero attached hydrogens (tertiary/aromatic N) is 3. The van der Waals surface area contributed by atoms with Gasteiger partial charge in [0.05, 0.1) is 12.2 Å². The van der Waals surface area contributed by atoms with E-state index >= 15 is 0 Å². The summed E-state index contributed by atoms with van der Waals surface area (Å²) in [5, 5.41) is 15.8. The molecule has 1 N–H and O–H groups in total. The summed E-state index contributed by atoms with van der Waals surface area (Å²) in [6.45, 7) is 30.9. The average Bonchev–Trinajstić information content (AvgIpc) is 2.87. The lowest BCUT2D eigenvalue weighted by atomic mass is 9.88. The highest BCUT2D eigenvalue weighted by Gasteiger charge is 2.44. The Morgan fingerprint density at radius 1 is 0.929 bits per heavy atom. The Hall–Kier alpha value is -0.929. The normalized spacial score (nSPS) is 17.2. The highest BCUT2D eigenvalue weighted by Crippen LogP contribution is 2.39. The number of azide groups is 1. The first kappa shape index (κ1) is 41.1. The molecular formula is C32H65N3O4Si3. The van der Waals surface area contributed by atoms with Gasteiger partial charge in [0.2, 0.25) is 0 Å². The molecular weight excluding hydrogens is 575 g/mol. The number of aliphatic hydroxyl groups excluding tert-OH is 1. The summed E-state index contributed by atoms with van der Waals surface area (Å²) in [7, 11) is -5.86. The maximum atomic E-state index is 13.6. The van der Waals surface area contributed by atoms with Gasteiger partial charge in [-0.05, 0) is 66.5 Å². The van der Waals surface area contributed by atoms with E-state index in [4.69, 9.17) is 14.4 Å². The van der Waals surface area contributed by atoms with Crippen LogP contribution in [0.1, 0.15) is 88.0 Å². The number of Topliss-reactive ketones (excluding diaryl/α,β-unsaturated/α-hetero) is 1. The maximum Gasteiger partial charge on any atom is 0.192 e. The van der Waals surface area contributed by atoms with Gasteiger partial charge in [-0.15, -0.1) is 11.5 Å². The van der Waals surface area contributed by atoms with Gasteiger partial charge in [0.1, 0.15) is 20.0 Å². The second kappa shape index (κ2) is 18.1. The van der Waals surface area contributed by atoms with Crippen LogP contribution in [-0.2, 0) is 13.6 Å². The zero-order valence-electron chi connectivity index (χ0n) is 29.6. The lowest BCUT2D eigenvalue weighted by Gasteiger charge is -2.44. The molecule has 0 heterocycles. The third kappa shape index (κ3) is 14.7. The van der Waals surface area contributed by atoms with E-state index < -0.39 is 43.0 Å². The Kier molecular flexibility index (Phi) is 17.7. The van der Waals surface area contributed by atoms with Crippen LogP contribution in [0.15, 0.2) is 5.11 Å². The van der Waals surface area contributed by atoms with Crippen molar-refractivity contribution in [1.29, 1.82) is 0 Å². The molecule has 0 unspecified atom stereocenters. The van der Waals surface area contributed by atoms with E-state index in [1.54, 1.807) is 0 Å². The van der Waals surface area contributed by atoms with Crippen molar-refractivity contribution in [2.45, 2.75) is 162 Å². The third-order valence-corrected chi connectivity index (χ3v) is 19.2. The maximum absolute atomic E-state index is 13.6. The fourth-order valence-corrected chi connectivity index (χ4v) is 9.80. The quantitative estimate of drug-likeness (QED) is 0.0500. The molecule has 0 saturated carbocycles. The van der Waals surface area contributed by atoms with Crippen LogP contribution in [0.5, 0.6) is 0 Å². The first-order valence-electron chi connectivity index (χ1n) is 16.2. The van der Waals surface area contributed by atoms with Crippen molar-refractivity contribution in [3.63, 3.8) is 0 Å². The van der Waals surface area contributed by atoms with Crippen LogP contribution < -0.4 is 0 Å². The van der Waals surface area contributed by atoms with Gasteiger partial charge < -0.3 is 14.0 Å². The molecule has 0 aliphatic rings. The van der Waals surface area contributed by atoms with Gasteiger partial charge in [-0.3, -0.25) is 4.79 Å². The fourth-order valence-electron chi connectivity index (χ4n) is 4.96. The molecule has 0 fully saturated rings. The minimum atomic E-state index is -2.24. The summed E-state index contributed by atoms with van der Waals surface area (Å²) >= 11 is 0. The van der Waals surface area contributed by atoms with E-state index in [9.17, 15) is 9.90 Å². The Bertz CT molecular complexity index is 918. The molecule has 10 heteroatoms. The second-order valence-electron chi connectivity index (χ2n) is 15.2. The third-order valence-electron chi connectivity index (χ3n) is 9.06. The van der Waals surface area contributed by atoms with Gasteiger partial charge in [0, 0.05) is 30.2 Å². The molecule has 0 aliphatic carbocycles. The topological polar surface area (TPSA) is 105 Å². The van der Waals surface area contributed by atoms with Crippen LogP contribution >= 0.6 is 0 Å². The van der Waals surface area contributed by atoms with Crippen LogP contribution in [0.4, 0.5) is 0 Å². The van der Waals surface area contributed by atoms with Gasteiger partial charge in [0.25, 0.3) is 0 Å². The summed E-state index contributed by atoms with van der Waals surface area (Å²) in [6, 6.07) is 2.81. The van der Waals surface area contributed by atoms with Crippen molar-refractivity contribution in [2.75, 3.05) is 6.54 Å². The molecule has 42 heavy (non-hydrogen) atoms. The molecule has 0 aliphatic heterocycles. The van der Waals surface area contributed by atoms with Crippen molar-refractivity contribution in [2.24, 2.45) is 22.9 Å². The minimum Gasteiger partial charge on any atom is -0.411 e. The molecule has 0 aromatic rings. The summed E-state index contributed by atoms with van der Waals surface area (Å²) < 4.78 is 13.9. The summed E-state index contributed by atoms with van der Waals surface area (Å²) in [4.78, 5) is 16.5. The molecule has 0 spiro atoms. The fraction of sp³-hybridized carbons (Fsp3) is 0.906. The van der Waals surface area contributed by atoms with E-state index in [0.29, 0.717) is 19.4 Å². The van der Waals surface area contributed by atoms with Crippen molar-refractivity contribution in [3.8, 4) is 11.5 Å². The molecule has 0 amide bonds. The number of ketones is 1. The molecule has 6 atom stereocenters. The number of carbonyl (C=O) groups excluding carboxylic acids is 1.